The lowest BCUT2D eigenvalue weighted by Gasteiger charge is -2.17. The first-order valence-corrected chi connectivity index (χ1v) is 7.08. The van der Waals surface area contributed by atoms with Crippen LogP contribution in [0.1, 0.15) is 30.5 Å². The highest BCUT2D eigenvalue weighted by atomic mass is 16.5. The molecule has 0 aromatic heterocycles. The van der Waals surface area contributed by atoms with Crippen molar-refractivity contribution in [3.05, 3.63) is 53.1 Å². The van der Waals surface area contributed by atoms with Crippen LogP contribution in [0.3, 0.4) is 0 Å². The maximum atomic E-state index is 5.88. The van der Waals surface area contributed by atoms with E-state index in [1.807, 2.05) is 0 Å². The predicted molar refractivity (Wildman–Crippen MR) is 83.0 cm³/mol. The summed E-state index contributed by atoms with van der Waals surface area (Å²) in [5, 5.41) is 0. The van der Waals surface area contributed by atoms with Gasteiger partial charge in [0.05, 0.1) is 6.61 Å². The van der Waals surface area contributed by atoms with E-state index in [0.29, 0.717) is 6.54 Å². The van der Waals surface area contributed by atoms with Gasteiger partial charge in [-0.2, -0.15) is 0 Å². The molecule has 0 atom stereocenters. The Morgan fingerprint density at radius 1 is 1.15 bits per heavy atom. The second kappa shape index (κ2) is 4.64. The molecule has 2 aromatic rings. The summed E-state index contributed by atoms with van der Waals surface area (Å²) in [5.41, 5.74) is 12.2. The van der Waals surface area contributed by atoms with Gasteiger partial charge in [-0.15, -0.1) is 0 Å². The molecule has 2 N–H and O–H groups in total. The van der Waals surface area contributed by atoms with Crippen LogP contribution < -0.4 is 10.5 Å². The molecule has 2 heteroatoms. The topological polar surface area (TPSA) is 35.2 Å². The molecule has 0 fully saturated rings. The minimum absolute atomic E-state index is 0.0814. The molecule has 0 unspecified atom stereocenters. The van der Waals surface area contributed by atoms with E-state index in [-0.39, 0.29) is 5.41 Å². The summed E-state index contributed by atoms with van der Waals surface area (Å²) in [6.07, 6.45) is 0. The van der Waals surface area contributed by atoms with Crippen LogP contribution in [-0.2, 0) is 12.0 Å². The average molecular weight is 267 g/mol. The first kappa shape index (κ1) is 13.2. The quantitative estimate of drug-likeness (QED) is 0.898. The monoisotopic (exact) mass is 267 g/mol. The summed E-state index contributed by atoms with van der Waals surface area (Å²) in [6, 6.07) is 12.9. The molecule has 2 nitrogen and oxygen atoms in total. The van der Waals surface area contributed by atoms with Crippen molar-refractivity contribution >= 4 is 0 Å². The van der Waals surface area contributed by atoms with Crippen molar-refractivity contribution in [2.45, 2.75) is 32.7 Å². The number of ether oxygens (including phenoxy) is 1. The zero-order valence-electron chi connectivity index (χ0n) is 12.4. The second-order valence-electron chi connectivity index (χ2n) is 6.25. The number of benzene rings is 2. The lowest BCUT2D eigenvalue weighted by molar-refractivity contribution is 0.291. The maximum absolute atomic E-state index is 5.88. The Balaban J connectivity index is 2.15. The van der Waals surface area contributed by atoms with Gasteiger partial charge in [0.2, 0.25) is 0 Å². The van der Waals surface area contributed by atoms with Crippen LogP contribution in [0.25, 0.3) is 11.1 Å². The zero-order chi connectivity index (χ0) is 14.3. The molecule has 0 aliphatic carbocycles. The molecule has 0 spiro atoms. The third-order valence-corrected chi connectivity index (χ3v) is 4.09. The summed E-state index contributed by atoms with van der Waals surface area (Å²) in [7, 11) is 0. The Labute approximate surface area is 120 Å². The van der Waals surface area contributed by atoms with Crippen molar-refractivity contribution < 1.29 is 4.74 Å². The molecule has 104 valence electrons. The van der Waals surface area contributed by atoms with Gasteiger partial charge in [-0.1, -0.05) is 43.7 Å². The highest BCUT2D eigenvalue weighted by Crippen LogP contribution is 2.41. The van der Waals surface area contributed by atoms with Crippen molar-refractivity contribution in [1.29, 1.82) is 0 Å². The minimum atomic E-state index is 0.0814. The molecule has 2 aromatic carbocycles. The Kier molecular flexibility index (Phi) is 3.06. The molecule has 1 heterocycles. The van der Waals surface area contributed by atoms with E-state index in [0.717, 1.165) is 12.4 Å². The SMILES string of the molecule is Cc1ccc(CN)c(-c2ccc3c(c2)C(C)(C)CO3)c1. The van der Waals surface area contributed by atoms with Gasteiger partial charge in [-0.3, -0.25) is 0 Å². The van der Waals surface area contributed by atoms with Crippen molar-refractivity contribution in [2.24, 2.45) is 5.73 Å². The van der Waals surface area contributed by atoms with Gasteiger partial charge >= 0.3 is 0 Å². The number of rotatable bonds is 2. The highest BCUT2D eigenvalue weighted by molar-refractivity contribution is 5.71. The average Bonchev–Trinajstić information content (AvgIpc) is 2.74. The number of hydrogen-bond acceptors (Lipinski definition) is 2. The number of fused-ring (bicyclic) bond motifs is 1. The molecule has 3 rings (SSSR count). The van der Waals surface area contributed by atoms with Gasteiger partial charge in [0.1, 0.15) is 5.75 Å². The van der Waals surface area contributed by atoms with Gasteiger partial charge < -0.3 is 10.5 Å². The summed E-state index contributed by atoms with van der Waals surface area (Å²) >= 11 is 0. The van der Waals surface area contributed by atoms with Crippen LogP contribution in [-0.4, -0.2) is 6.61 Å². The van der Waals surface area contributed by atoms with Gasteiger partial charge in [-0.25, -0.2) is 0 Å². The molecule has 20 heavy (non-hydrogen) atoms. The largest absolute Gasteiger partial charge is 0.492 e. The van der Waals surface area contributed by atoms with Crippen LogP contribution in [0.4, 0.5) is 0 Å². The molecule has 0 amide bonds. The van der Waals surface area contributed by atoms with E-state index in [1.54, 1.807) is 0 Å². The Hall–Kier alpha value is -1.80. The van der Waals surface area contributed by atoms with E-state index in [1.165, 1.54) is 27.8 Å². The molecule has 0 radical (unpaired) electrons. The van der Waals surface area contributed by atoms with Crippen molar-refractivity contribution in [3.8, 4) is 16.9 Å². The third-order valence-electron chi connectivity index (χ3n) is 4.09. The van der Waals surface area contributed by atoms with Crippen LogP contribution in [0.15, 0.2) is 36.4 Å². The molecular weight excluding hydrogens is 246 g/mol. The summed E-state index contributed by atoms with van der Waals surface area (Å²) < 4.78 is 5.76. The van der Waals surface area contributed by atoms with E-state index in [9.17, 15) is 0 Å². The molecule has 1 aliphatic rings. The fourth-order valence-electron chi connectivity index (χ4n) is 2.83. The van der Waals surface area contributed by atoms with Gasteiger partial charge in [0.25, 0.3) is 0 Å². The third kappa shape index (κ3) is 2.10. The highest BCUT2D eigenvalue weighted by Gasteiger charge is 2.31. The lowest BCUT2D eigenvalue weighted by atomic mass is 9.85. The first-order chi connectivity index (χ1) is 9.51. The number of aryl methyl sites for hydroxylation is 1. The van der Waals surface area contributed by atoms with Crippen LogP contribution in [0.2, 0.25) is 0 Å². The van der Waals surface area contributed by atoms with Crippen molar-refractivity contribution in [3.63, 3.8) is 0 Å². The van der Waals surface area contributed by atoms with E-state index >= 15 is 0 Å². The van der Waals surface area contributed by atoms with E-state index in [4.69, 9.17) is 10.5 Å². The van der Waals surface area contributed by atoms with Crippen LogP contribution in [0, 0.1) is 6.92 Å². The summed E-state index contributed by atoms with van der Waals surface area (Å²) in [6.45, 7) is 7.88. The number of nitrogens with two attached hydrogens (primary N) is 1. The predicted octanol–water partition coefficient (Wildman–Crippen LogP) is 3.79. The molecule has 0 saturated heterocycles. The van der Waals surface area contributed by atoms with Crippen molar-refractivity contribution in [2.75, 3.05) is 6.61 Å². The lowest BCUT2D eigenvalue weighted by Crippen LogP contribution is -2.18. The normalized spacial score (nSPS) is 15.8. The number of hydrogen-bond donors (Lipinski definition) is 1. The Morgan fingerprint density at radius 2 is 1.95 bits per heavy atom. The van der Waals surface area contributed by atoms with Crippen molar-refractivity contribution in [1.82, 2.24) is 0 Å². The second-order valence-corrected chi connectivity index (χ2v) is 6.25. The smallest absolute Gasteiger partial charge is 0.123 e. The molecule has 0 bridgehead atoms. The fourth-order valence-corrected chi connectivity index (χ4v) is 2.83. The molecular formula is C18H21NO. The summed E-state index contributed by atoms with van der Waals surface area (Å²) in [4.78, 5) is 0. The molecule has 1 aliphatic heterocycles. The van der Waals surface area contributed by atoms with E-state index < -0.39 is 0 Å². The van der Waals surface area contributed by atoms with Crippen LogP contribution in [0.5, 0.6) is 5.75 Å². The molecule has 0 saturated carbocycles. The minimum Gasteiger partial charge on any atom is -0.492 e. The Bertz CT molecular complexity index is 658. The first-order valence-electron chi connectivity index (χ1n) is 7.08. The maximum Gasteiger partial charge on any atom is 0.123 e. The Morgan fingerprint density at radius 3 is 2.70 bits per heavy atom. The summed E-state index contributed by atoms with van der Waals surface area (Å²) in [5.74, 6) is 1.01. The fraction of sp³-hybridized carbons (Fsp3) is 0.333. The van der Waals surface area contributed by atoms with Gasteiger partial charge in [-0.05, 0) is 35.7 Å². The van der Waals surface area contributed by atoms with E-state index in [2.05, 4.69) is 57.2 Å². The van der Waals surface area contributed by atoms with Gasteiger partial charge in [0, 0.05) is 17.5 Å². The standard InChI is InChI=1S/C18H21NO/c1-12-4-5-14(10-19)15(8-12)13-6-7-17-16(9-13)18(2,3)11-20-17/h4-9H,10-11,19H2,1-3H3. The zero-order valence-corrected chi connectivity index (χ0v) is 12.4. The van der Waals surface area contributed by atoms with Crippen LogP contribution >= 0.6 is 0 Å². The van der Waals surface area contributed by atoms with Gasteiger partial charge in [0.15, 0.2) is 0 Å².